The Morgan fingerprint density at radius 1 is 1.28 bits per heavy atom. The third-order valence-corrected chi connectivity index (χ3v) is 4.99. The Labute approximate surface area is 155 Å². The summed E-state index contributed by atoms with van der Waals surface area (Å²) in [4.78, 5) is 36.3. The van der Waals surface area contributed by atoms with Gasteiger partial charge >= 0.3 is 6.03 Å². The number of nitrogens with zero attached hydrogens (tertiary/aromatic N) is 1. The number of rotatable bonds is 6. The van der Waals surface area contributed by atoms with Crippen LogP contribution in [-0.2, 0) is 15.1 Å². The van der Waals surface area contributed by atoms with E-state index in [0.29, 0.717) is 6.42 Å². The molecule has 0 spiro atoms. The molecular weight excluding hydrogens is 388 g/mol. The lowest BCUT2D eigenvalue weighted by Crippen LogP contribution is -2.52. The largest absolute Gasteiger partial charge is 0.344 e. The highest BCUT2D eigenvalue weighted by Crippen LogP contribution is 2.22. The highest BCUT2D eigenvalue weighted by atomic mass is 79.9. The van der Waals surface area contributed by atoms with Crippen LogP contribution >= 0.6 is 15.9 Å². The van der Waals surface area contributed by atoms with Crippen molar-refractivity contribution in [3.63, 3.8) is 0 Å². The van der Waals surface area contributed by atoms with Crippen molar-refractivity contribution < 1.29 is 14.4 Å². The Hall–Kier alpha value is -1.93. The Morgan fingerprint density at radius 3 is 2.40 bits per heavy atom. The molecule has 0 unspecified atom stereocenters. The first-order chi connectivity index (χ1) is 11.6. The van der Waals surface area contributed by atoms with Gasteiger partial charge in [-0.15, -0.1) is 0 Å². The van der Waals surface area contributed by atoms with Crippen LogP contribution in [0.3, 0.4) is 0 Å². The van der Waals surface area contributed by atoms with Crippen molar-refractivity contribution in [2.75, 3.05) is 6.54 Å². The molecule has 0 aliphatic carbocycles. The lowest BCUT2D eigenvalue weighted by Gasteiger charge is -2.27. The summed E-state index contributed by atoms with van der Waals surface area (Å²) < 4.78 is 0.974. The van der Waals surface area contributed by atoms with Gasteiger partial charge < -0.3 is 5.32 Å². The first-order valence-corrected chi connectivity index (χ1v) is 8.85. The van der Waals surface area contributed by atoms with E-state index in [9.17, 15) is 14.4 Å². The number of halogens is 1. The van der Waals surface area contributed by atoms with Crippen molar-refractivity contribution in [3.8, 4) is 0 Å². The monoisotopic (exact) mass is 410 g/mol. The van der Waals surface area contributed by atoms with Crippen molar-refractivity contribution in [1.29, 1.82) is 0 Å². The molecule has 1 aromatic rings. The van der Waals surface area contributed by atoms with Gasteiger partial charge in [0.2, 0.25) is 0 Å². The summed E-state index contributed by atoms with van der Waals surface area (Å²) in [5.74, 6) is -0.922. The normalized spacial score (nSPS) is 20.6. The molecule has 1 aromatic carbocycles. The van der Waals surface area contributed by atoms with Gasteiger partial charge in [-0.05, 0) is 44.9 Å². The number of carbonyl (C=O) groups excluding carboxylic acids is 3. The van der Waals surface area contributed by atoms with Crippen molar-refractivity contribution in [1.82, 2.24) is 21.1 Å². The molecule has 136 valence electrons. The highest BCUT2D eigenvalue weighted by Gasteiger charge is 2.47. The number of imide groups is 1. The highest BCUT2D eigenvalue weighted by molar-refractivity contribution is 9.10. The van der Waals surface area contributed by atoms with Gasteiger partial charge in [-0.25, -0.2) is 4.79 Å². The fourth-order valence-corrected chi connectivity index (χ4v) is 2.72. The smallest absolute Gasteiger partial charge is 0.322 e. The lowest BCUT2D eigenvalue weighted by molar-refractivity contribution is -0.138. The molecule has 0 aromatic heterocycles. The van der Waals surface area contributed by atoms with E-state index in [4.69, 9.17) is 0 Å². The molecule has 4 amide bonds. The minimum Gasteiger partial charge on any atom is -0.322 e. The van der Waals surface area contributed by atoms with E-state index in [-0.39, 0.29) is 6.54 Å². The number of urea groups is 1. The summed E-state index contributed by atoms with van der Waals surface area (Å²) in [6, 6.07) is 7.16. The summed E-state index contributed by atoms with van der Waals surface area (Å²) in [6.45, 7) is 7.29. The Balaban J connectivity index is 1.95. The Morgan fingerprint density at radius 2 is 1.88 bits per heavy atom. The van der Waals surface area contributed by atoms with Crippen molar-refractivity contribution in [2.45, 2.75) is 45.2 Å². The number of hydrazine groups is 1. The number of hydrogen-bond acceptors (Lipinski definition) is 4. The van der Waals surface area contributed by atoms with E-state index in [2.05, 4.69) is 32.0 Å². The van der Waals surface area contributed by atoms with Crippen molar-refractivity contribution >= 4 is 33.8 Å². The predicted octanol–water partition coefficient (Wildman–Crippen LogP) is 2.03. The Kier molecular flexibility index (Phi) is 5.53. The molecule has 1 heterocycles. The van der Waals surface area contributed by atoms with Gasteiger partial charge in [-0.3, -0.25) is 20.3 Å². The zero-order chi connectivity index (χ0) is 18.8. The van der Waals surface area contributed by atoms with Crippen LogP contribution < -0.4 is 16.1 Å². The second-order valence-electron chi connectivity index (χ2n) is 6.78. The van der Waals surface area contributed by atoms with Gasteiger partial charge in [0.1, 0.15) is 5.54 Å². The molecular formula is C17H23BrN4O3. The zero-order valence-corrected chi connectivity index (χ0v) is 16.4. The first-order valence-electron chi connectivity index (χ1n) is 8.06. The fraction of sp³-hybridized carbons (Fsp3) is 0.471. The summed E-state index contributed by atoms with van der Waals surface area (Å²) in [5, 5.41) is 6.47. The molecule has 25 heavy (non-hydrogen) atoms. The van der Waals surface area contributed by atoms with Gasteiger partial charge in [0.05, 0.1) is 6.54 Å². The number of carbonyl (C=O) groups is 3. The molecule has 8 heteroatoms. The molecule has 1 fully saturated rings. The van der Waals surface area contributed by atoms with Gasteiger partial charge in [0.25, 0.3) is 11.8 Å². The van der Waals surface area contributed by atoms with E-state index >= 15 is 0 Å². The van der Waals surface area contributed by atoms with Crippen LogP contribution in [0.2, 0.25) is 0 Å². The molecule has 1 saturated heterocycles. The van der Waals surface area contributed by atoms with E-state index in [1.807, 2.05) is 38.1 Å². The van der Waals surface area contributed by atoms with Gasteiger partial charge in [-0.1, -0.05) is 35.0 Å². The van der Waals surface area contributed by atoms with Gasteiger partial charge in [0, 0.05) is 10.0 Å². The molecule has 3 N–H and O–H groups in total. The van der Waals surface area contributed by atoms with Crippen LogP contribution in [-0.4, -0.2) is 34.9 Å². The minimum absolute atomic E-state index is 0.0387. The molecule has 2 rings (SSSR count). The zero-order valence-electron chi connectivity index (χ0n) is 14.8. The number of benzene rings is 1. The van der Waals surface area contributed by atoms with E-state index < -0.39 is 28.9 Å². The van der Waals surface area contributed by atoms with Crippen molar-refractivity contribution in [3.05, 3.63) is 34.3 Å². The quantitative estimate of drug-likeness (QED) is 0.625. The maximum atomic E-state index is 12.3. The second-order valence-corrected chi connectivity index (χ2v) is 7.69. The van der Waals surface area contributed by atoms with Crippen LogP contribution in [0.15, 0.2) is 28.7 Å². The number of hydrogen-bond donors (Lipinski definition) is 3. The Bertz CT molecular complexity index is 690. The van der Waals surface area contributed by atoms with Crippen LogP contribution in [0.25, 0.3) is 0 Å². The van der Waals surface area contributed by atoms with Crippen LogP contribution in [0.4, 0.5) is 4.79 Å². The third kappa shape index (κ3) is 4.19. The van der Waals surface area contributed by atoms with E-state index in [1.165, 1.54) is 0 Å². The van der Waals surface area contributed by atoms with Gasteiger partial charge in [0.15, 0.2) is 0 Å². The van der Waals surface area contributed by atoms with Crippen LogP contribution in [0.5, 0.6) is 0 Å². The fourth-order valence-electron chi connectivity index (χ4n) is 2.46. The molecule has 0 saturated carbocycles. The summed E-state index contributed by atoms with van der Waals surface area (Å²) in [7, 11) is 0. The molecule has 0 bridgehead atoms. The SMILES string of the molecule is CC[C@@]1(C)NC(=O)N(NC(=O)CNC(C)(C)c2ccc(Br)cc2)C1=O. The van der Waals surface area contributed by atoms with Gasteiger partial charge in [-0.2, -0.15) is 5.01 Å². The summed E-state index contributed by atoms with van der Waals surface area (Å²) in [5.41, 5.74) is 1.95. The average molecular weight is 411 g/mol. The third-order valence-electron chi connectivity index (χ3n) is 4.46. The molecule has 1 atom stereocenters. The first kappa shape index (κ1) is 19.4. The standard InChI is InChI=1S/C17H23BrN4O3/c1-5-17(4)14(24)22(15(25)20-17)21-13(23)10-19-16(2,3)11-6-8-12(18)9-7-11/h6-9,19H,5,10H2,1-4H3,(H,20,25)(H,21,23)/t17-/m1/s1. The van der Waals surface area contributed by atoms with Crippen LogP contribution in [0, 0.1) is 0 Å². The van der Waals surface area contributed by atoms with Crippen molar-refractivity contribution in [2.24, 2.45) is 0 Å². The molecule has 1 aliphatic heterocycles. The predicted molar refractivity (Wildman–Crippen MR) is 97.4 cm³/mol. The lowest BCUT2D eigenvalue weighted by atomic mass is 9.94. The topological polar surface area (TPSA) is 90.5 Å². The summed E-state index contributed by atoms with van der Waals surface area (Å²) in [6.07, 6.45) is 0.443. The van der Waals surface area contributed by atoms with E-state index in [0.717, 1.165) is 15.0 Å². The number of nitrogens with one attached hydrogen (secondary N) is 3. The average Bonchev–Trinajstić information content (AvgIpc) is 2.77. The second kappa shape index (κ2) is 7.13. The summed E-state index contributed by atoms with van der Waals surface area (Å²) >= 11 is 3.39. The maximum absolute atomic E-state index is 12.3. The van der Waals surface area contributed by atoms with Crippen LogP contribution in [0.1, 0.15) is 39.7 Å². The molecule has 1 aliphatic rings. The number of amides is 4. The van der Waals surface area contributed by atoms with E-state index in [1.54, 1.807) is 13.8 Å². The minimum atomic E-state index is -0.978. The molecule has 7 nitrogen and oxygen atoms in total. The maximum Gasteiger partial charge on any atom is 0.344 e. The molecule has 0 radical (unpaired) electrons.